The highest BCUT2D eigenvalue weighted by molar-refractivity contribution is 6.07. The van der Waals surface area contributed by atoms with Gasteiger partial charge in [-0.3, -0.25) is 19.3 Å². The molecule has 13 heteroatoms. The summed E-state index contributed by atoms with van der Waals surface area (Å²) in [5.41, 5.74) is 5.46. The Morgan fingerprint density at radius 2 is 1.37 bits per heavy atom. The standard InChI is InChI=1S/C33H34N8O5/c1-39-21-26(18-29(39)32(43)34-11-12-41-13-15-45-16-14-41)36-33(44)30-19-25(20-40(30)2)35-31(42)24-8-5-22(6-9-24)3-4-23-7-10-27-28(17-23)38-46-37-27/h3-10,17-21H,11-16H2,1-2H3,(H,34,43)(H,35,42)(H,36,44)/b4-3+. The zero-order valence-electron chi connectivity index (χ0n) is 25.5. The van der Waals surface area contributed by atoms with Crippen LogP contribution in [-0.2, 0) is 18.8 Å². The maximum Gasteiger partial charge on any atom is 0.272 e. The fourth-order valence-corrected chi connectivity index (χ4v) is 5.20. The molecule has 0 spiro atoms. The summed E-state index contributed by atoms with van der Waals surface area (Å²) in [5.74, 6) is -0.890. The molecular weight excluding hydrogens is 588 g/mol. The number of rotatable bonds is 10. The van der Waals surface area contributed by atoms with Crippen LogP contribution in [0.5, 0.6) is 0 Å². The number of amides is 3. The van der Waals surface area contributed by atoms with Gasteiger partial charge in [-0.25, -0.2) is 4.63 Å². The van der Waals surface area contributed by atoms with Gasteiger partial charge in [0.05, 0.1) is 24.6 Å². The molecule has 3 aromatic heterocycles. The number of nitrogens with one attached hydrogen (secondary N) is 3. The monoisotopic (exact) mass is 622 g/mol. The summed E-state index contributed by atoms with van der Waals surface area (Å²) in [6.45, 7) is 4.40. The number of morpholine rings is 1. The molecule has 0 unspecified atom stereocenters. The molecule has 46 heavy (non-hydrogen) atoms. The predicted octanol–water partition coefficient (Wildman–Crippen LogP) is 3.64. The van der Waals surface area contributed by atoms with Gasteiger partial charge in [-0.2, -0.15) is 0 Å². The number of fused-ring (bicyclic) bond motifs is 1. The van der Waals surface area contributed by atoms with Crippen LogP contribution in [0.15, 0.2) is 71.6 Å². The number of carbonyl (C=O) groups excluding carboxylic acids is 3. The molecule has 0 radical (unpaired) electrons. The second-order valence-corrected chi connectivity index (χ2v) is 11.0. The van der Waals surface area contributed by atoms with E-state index in [0.717, 1.165) is 30.8 Å². The number of benzene rings is 2. The largest absolute Gasteiger partial charge is 0.379 e. The highest BCUT2D eigenvalue weighted by Gasteiger charge is 2.18. The Kier molecular flexibility index (Phi) is 9.03. The van der Waals surface area contributed by atoms with Crippen LogP contribution in [0.1, 0.15) is 42.5 Å². The summed E-state index contributed by atoms with van der Waals surface area (Å²) in [7, 11) is 3.48. The van der Waals surface area contributed by atoms with Gasteiger partial charge in [0.2, 0.25) is 0 Å². The summed E-state index contributed by atoms with van der Waals surface area (Å²) in [5, 5.41) is 16.3. The SMILES string of the molecule is Cn1cc(NC(=O)c2cc(NC(=O)c3ccc(/C=C/c4ccc5nonc5c4)cc3)cn2C)cc1C(=O)NCCN1CCOCC1. The lowest BCUT2D eigenvalue weighted by Crippen LogP contribution is -2.41. The third kappa shape index (κ3) is 7.22. The molecule has 1 fully saturated rings. The van der Waals surface area contributed by atoms with Gasteiger partial charge in [0.25, 0.3) is 17.7 Å². The van der Waals surface area contributed by atoms with Gasteiger partial charge >= 0.3 is 0 Å². The summed E-state index contributed by atoms with van der Waals surface area (Å²) >= 11 is 0. The van der Waals surface area contributed by atoms with E-state index in [-0.39, 0.29) is 17.7 Å². The molecule has 4 heterocycles. The second kappa shape index (κ2) is 13.6. The second-order valence-electron chi connectivity index (χ2n) is 11.0. The molecule has 2 aromatic carbocycles. The average molecular weight is 623 g/mol. The lowest BCUT2D eigenvalue weighted by atomic mass is 10.1. The van der Waals surface area contributed by atoms with Crippen LogP contribution in [0.2, 0.25) is 0 Å². The minimum absolute atomic E-state index is 0.216. The van der Waals surface area contributed by atoms with Crippen molar-refractivity contribution in [2.75, 3.05) is 50.0 Å². The van der Waals surface area contributed by atoms with E-state index < -0.39 is 0 Å². The molecule has 0 aliphatic carbocycles. The first-order valence-electron chi connectivity index (χ1n) is 14.9. The van der Waals surface area contributed by atoms with Crippen LogP contribution in [0.25, 0.3) is 23.2 Å². The van der Waals surface area contributed by atoms with E-state index in [1.165, 1.54) is 0 Å². The van der Waals surface area contributed by atoms with Gasteiger partial charge in [-0.05, 0) is 57.8 Å². The van der Waals surface area contributed by atoms with Gasteiger partial charge < -0.3 is 29.8 Å². The number of carbonyl (C=O) groups is 3. The van der Waals surface area contributed by atoms with Crippen molar-refractivity contribution in [1.29, 1.82) is 0 Å². The third-order valence-electron chi connectivity index (χ3n) is 7.73. The first-order valence-corrected chi connectivity index (χ1v) is 14.9. The summed E-state index contributed by atoms with van der Waals surface area (Å²) < 4.78 is 13.4. The van der Waals surface area contributed by atoms with Gasteiger partial charge in [0.15, 0.2) is 0 Å². The van der Waals surface area contributed by atoms with Crippen LogP contribution in [0.4, 0.5) is 11.4 Å². The summed E-state index contributed by atoms with van der Waals surface area (Å²) in [4.78, 5) is 41.0. The first kappa shape index (κ1) is 30.5. The van der Waals surface area contributed by atoms with Crippen molar-refractivity contribution in [2.45, 2.75) is 0 Å². The number of hydrogen-bond acceptors (Lipinski definition) is 8. The minimum atomic E-state index is -0.372. The van der Waals surface area contributed by atoms with Crippen molar-refractivity contribution in [3.8, 4) is 0 Å². The minimum Gasteiger partial charge on any atom is -0.379 e. The number of nitrogens with zero attached hydrogens (tertiary/aromatic N) is 5. The maximum absolute atomic E-state index is 13.1. The average Bonchev–Trinajstić information content (AvgIpc) is 3.78. The molecule has 13 nitrogen and oxygen atoms in total. The first-order chi connectivity index (χ1) is 22.3. The molecule has 1 aliphatic heterocycles. The van der Waals surface area contributed by atoms with E-state index in [2.05, 4.69) is 31.2 Å². The molecule has 1 saturated heterocycles. The Morgan fingerprint density at radius 3 is 2.09 bits per heavy atom. The van der Waals surface area contributed by atoms with Crippen molar-refractivity contribution in [1.82, 2.24) is 29.7 Å². The highest BCUT2D eigenvalue weighted by Crippen LogP contribution is 2.19. The number of hydrogen-bond donors (Lipinski definition) is 3. The Labute approximate surface area is 264 Å². The topological polar surface area (TPSA) is 149 Å². The van der Waals surface area contributed by atoms with Crippen molar-refractivity contribution in [2.24, 2.45) is 14.1 Å². The number of aryl methyl sites for hydroxylation is 2. The van der Waals surface area contributed by atoms with Crippen LogP contribution >= 0.6 is 0 Å². The Balaban J connectivity index is 1.02. The Hall–Kier alpha value is -5.53. The smallest absolute Gasteiger partial charge is 0.272 e. The van der Waals surface area contributed by atoms with Crippen molar-refractivity contribution in [3.63, 3.8) is 0 Å². The van der Waals surface area contributed by atoms with Crippen molar-refractivity contribution < 1.29 is 23.7 Å². The quantitative estimate of drug-likeness (QED) is 0.200. The molecule has 3 N–H and O–H groups in total. The molecule has 0 bridgehead atoms. The summed E-state index contributed by atoms with van der Waals surface area (Å²) in [6.07, 6.45) is 7.24. The van der Waals surface area contributed by atoms with Gasteiger partial charge in [0.1, 0.15) is 22.4 Å². The van der Waals surface area contributed by atoms with Crippen LogP contribution in [0, 0.1) is 0 Å². The molecule has 3 amide bonds. The zero-order valence-corrected chi connectivity index (χ0v) is 25.5. The normalized spacial score (nSPS) is 13.7. The third-order valence-corrected chi connectivity index (χ3v) is 7.73. The van der Waals surface area contributed by atoms with E-state index in [4.69, 9.17) is 9.37 Å². The lowest BCUT2D eigenvalue weighted by molar-refractivity contribution is 0.0383. The van der Waals surface area contributed by atoms with Crippen molar-refractivity contribution >= 4 is 52.3 Å². The van der Waals surface area contributed by atoms with Gasteiger partial charge in [-0.15, -0.1) is 0 Å². The van der Waals surface area contributed by atoms with E-state index in [9.17, 15) is 14.4 Å². The van der Waals surface area contributed by atoms with Gasteiger partial charge in [-0.1, -0.05) is 30.4 Å². The lowest BCUT2D eigenvalue weighted by Gasteiger charge is -2.26. The van der Waals surface area contributed by atoms with E-state index in [1.807, 2.05) is 42.5 Å². The number of aromatic nitrogens is 4. The molecule has 0 atom stereocenters. The molecule has 6 rings (SSSR count). The molecule has 5 aromatic rings. The van der Waals surface area contributed by atoms with E-state index in [0.29, 0.717) is 59.1 Å². The highest BCUT2D eigenvalue weighted by atomic mass is 16.6. The van der Waals surface area contributed by atoms with E-state index in [1.54, 1.807) is 59.9 Å². The fourth-order valence-electron chi connectivity index (χ4n) is 5.20. The molecular formula is C33H34N8O5. The van der Waals surface area contributed by atoms with Gasteiger partial charge in [0, 0.05) is 58.2 Å². The van der Waals surface area contributed by atoms with E-state index >= 15 is 0 Å². The Bertz CT molecular complexity index is 1900. The zero-order chi connectivity index (χ0) is 32.0. The predicted molar refractivity (Wildman–Crippen MR) is 173 cm³/mol. The molecule has 236 valence electrons. The summed E-state index contributed by atoms with van der Waals surface area (Å²) in [6, 6.07) is 16.1. The van der Waals surface area contributed by atoms with Crippen LogP contribution in [0.3, 0.4) is 0 Å². The molecule has 0 saturated carbocycles. The molecule has 1 aliphatic rings. The fraction of sp³-hybridized carbons (Fsp3) is 0.242. The number of anilines is 2. The Morgan fingerprint density at radius 1 is 0.761 bits per heavy atom. The maximum atomic E-state index is 13.1. The van der Waals surface area contributed by atoms with Crippen molar-refractivity contribution in [3.05, 3.63) is 95.1 Å². The number of ether oxygens (including phenoxy) is 1. The van der Waals surface area contributed by atoms with Crippen LogP contribution in [-0.4, -0.2) is 81.5 Å². The van der Waals surface area contributed by atoms with Crippen LogP contribution < -0.4 is 16.0 Å².